The lowest BCUT2D eigenvalue weighted by molar-refractivity contribution is 0.123. The summed E-state index contributed by atoms with van der Waals surface area (Å²) in [6.45, 7) is 6.55. The fourth-order valence-corrected chi connectivity index (χ4v) is 2.25. The quantitative estimate of drug-likeness (QED) is 0.800. The van der Waals surface area contributed by atoms with Crippen LogP contribution in [0.2, 0.25) is 0 Å². The Morgan fingerprint density at radius 1 is 1.33 bits per heavy atom. The van der Waals surface area contributed by atoms with Crippen LogP contribution < -0.4 is 10.1 Å². The van der Waals surface area contributed by atoms with E-state index in [0.717, 1.165) is 36.4 Å². The van der Waals surface area contributed by atoms with Crippen molar-refractivity contribution >= 4 is 15.9 Å². The van der Waals surface area contributed by atoms with E-state index in [1.54, 1.807) is 7.11 Å². The summed E-state index contributed by atoms with van der Waals surface area (Å²) in [6.07, 6.45) is 0.922. The van der Waals surface area contributed by atoms with Gasteiger partial charge in [-0.3, -0.25) is 0 Å². The molecule has 102 valence electrons. The van der Waals surface area contributed by atoms with Crippen LogP contribution in [0.4, 0.5) is 0 Å². The Hall–Kier alpha value is -0.580. The van der Waals surface area contributed by atoms with Crippen LogP contribution in [0.1, 0.15) is 19.4 Å². The van der Waals surface area contributed by atoms with E-state index in [0.29, 0.717) is 6.04 Å². The van der Waals surface area contributed by atoms with Gasteiger partial charge < -0.3 is 14.8 Å². The van der Waals surface area contributed by atoms with Crippen molar-refractivity contribution in [2.45, 2.75) is 26.3 Å². The normalized spacial score (nSPS) is 12.4. The van der Waals surface area contributed by atoms with Crippen molar-refractivity contribution in [3.8, 4) is 5.75 Å². The van der Waals surface area contributed by atoms with Crippen molar-refractivity contribution in [2.75, 3.05) is 26.9 Å². The number of halogens is 1. The Labute approximate surface area is 118 Å². The van der Waals surface area contributed by atoms with Gasteiger partial charge in [0, 0.05) is 17.1 Å². The van der Waals surface area contributed by atoms with Gasteiger partial charge in [0.25, 0.3) is 0 Å². The Morgan fingerprint density at radius 3 is 2.72 bits per heavy atom. The van der Waals surface area contributed by atoms with Crippen molar-refractivity contribution in [2.24, 2.45) is 0 Å². The van der Waals surface area contributed by atoms with Gasteiger partial charge in [-0.25, -0.2) is 0 Å². The maximum Gasteiger partial charge on any atom is 0.119 e. The summed E-state index contributed by atoms with van der Waals surface area (Å²) in [7, 11) is 1.69. The predicted molar refractivity (Wildman–Crippen MR) is 78.4 cm³/mol. The first kappa shape index (κ1) is 15.5. The second-order valence-corrected chi connectivity index (χ2v) is 4.93. The largest absolute Gasteiger partial charge is 0.497 e. The van der Waals surface area contributed by atoms with Gasteiger partial charge in [-0.05, 0) is 43.7 Å². The monoisotopic (exact) mass is 315 g/mol. The van der Waals surface area contributed by atoms with Gasteiger partial charge in [0.2, 0.25) is 0 Å². The summed E-state index contributed by atoms with van der Waals surface area (Å²) in [6, 6.07) is 6.38. The molecule has 0 spiro atoms. The summed E-state index contributed by atoms with van der Waals surface area (Å²) < 4.78 is 11.9. The Kier molecular flexibility index (Phi) is 7.32. The SMILES string of the molecule is CCNC(COCC)Cc1cc(OC)ccc1Br. The molecule has 18 heavy (non-hydrogen) atoms. The number of nitrogens with one attached hydrogen (secondary N) is 1. The van der Waals surface area contributed by atoms with Crippen LogP contribution in [-0.4, -0.2) is 32.9 Å². The van der Waals surface area contributed by atoms with E-state index in [1.807, 2.05) is 19.1 Å². The number of hydrogen-bond acceptors (Lipinski definition) is 3. The third-order valence-electron chi connectivity index (χ3n) is 2.74. The third kappa shape index (κ3) is 4.96. The molecule has 0 aromatic heterocycles. The van der Waals surface area contributed by atoms with E-state index in [4.69, 9.17) is 9.47 Å². The van der Waals surface area contributed by atoms with Crippen LogP contribution in [0.5, 0.6) is 5.75 Å². The molecule has 0 saturated carbocycles. The first-order valence-electron chi connectivity index (χ1n) is 6.34. The van der Waals surface area contributed by atoms with Crippen LogP contribution in [0.15, 0.2) is 22.7 Å². The molecule has 3 nitrogen and oxygen atoms in total. The van der Waals surface area contributed by atoms with Gasteiger partial charge in [-0.15, -0.1) is 0 Å². The minimum Gasteiger partial charge on any atom is -0.497 e. The van der Waals surface area contributed by atoms with E-state index in [-0.39, 0.29) is 0 Å². The molecule has 0 heterocycles. The molecule has 0 radical (unpaired) electrons. The van der Waals surface area contributed by atoms with Crippen molar-refractivity contribution in [3.05, 3.63) is 28.2 Å². The van der Waals surface area contributed by atoms with E-state index >= 15 is 0 Å². The minimum absolute atomic E-state index is 0.332. The van der Waals surface area contributed by atoms with Crippen LogP contribution in [0.25, 0.3) is 0 Å². The van der Waals surface area contributed by atoms with Crippen LogP contribution >= 0.6 is 15.9 Å². The van der Waals surface area contributed by atoms with Gasteiger partial charge in [-0.1, -0.05) is 22.9 Å². The highest BCUT2D eigenvalue weighted by molar-refractivity contribution is 9.10. The first-order chi connectivity index (χ1) is 8.71. The van der Waals surface area contributed by atoms with Crippen molar-refractivity contribution in [1.82, 2.24) is 5.32 Å². The lowest BCUT2D eigenvalue weighted by Gasteiger charge is -2.18. The summed E-state index contributed by atoms with van der Waals surface area (Å²) in [5.74, 6) is 0.889. The Bertz CT molecular complexity index is 358. The zero-order valence-electron chi connectivity index (χ0n) is 11.3. The minimum atomic E-state index is 0.332. The second-order valence-electron chi connectivity index (χ2n) is 4.08. The third-order valence-corrected chi connectivity index (χ3v) is 3.51. The Balaban J connectivity index is 2.72. The molecule has 0 aliphatic carbocycles. The molecule has 1 atom stereocenters. The molecular weight excluding hydrogens is 294 g/mol. The average molecular weight is 316 g/mol. The molecule has 1 aromatic rings. The number of rotatable bonds is 8. The molecule has 0 saturated heterocycles. The average Bonchev–Trinajstić information content (AvgIpc) is 2.38. The summed E-state index contributed by atoms with van der Waals surface area (Å²) in [4.78, 5) is 0. The van der Waals surface area contributed by atoms with E-state index < -0.39 is 0 Å². The lowest BCUT2D eigenvalue weighted by atomic mass is 10.1. The van der Waals surface area contributed by atoms with Crippen LogP contribution in [-0.2, 0) is 11.2 Å². The molecule has 4 heteroatoms. The highest BCUT2D eigenvalue weighted by Gasteiger charge is 2.11. The van der Waals surface area contributed by atoms with Gasteiger partial charge in [-0.2, -0.15) is 0 Å². The molecule has 0 aliphatic rings. The highest BCUT2D eigenvalue weighted by Crippen LogP contribution is 2.23. The van der Waals surface area contributed by atoms with Crippen molar-refractivity contribution in [3.63, 3.8) is 0 Å². The fraction of sp³-hybridized carbons (Fsp3) is 0.571. The Morgan fingerprint density at radius 2 is 2.11 bits per heavy atom. The topological polar surface area (TPSA) is 30.5 Å². The molecule has 1 aromatic carbocycles. The zero-order valence-corrected chi connectivity index (χ0v) is 12.9. The summed E-state index contributed by atoms with van der Waals surface area (Å²) in [5, 5.41) is 3.44. The van der Waals surface area contributed by atoms with Crippen molar-refractivity contribution in [1.29, 1.82) is 0 Å². The van der Waals surface area contributed by atoms with E-state index in [2.05, 4.69) is 34.2 Å². The zero-order chi connectivity index (χ0) is 13.4. The second kappa shape index (κ2) is 8.51. The van der Waals surface area contributed by atoms with Gasteiger partial charge in [0.15, 0.2) is 0 Å². The van der Waals surface area contributed by atoms with Crippen molar-refractivity contribution < 1.29 is 9.47 Å². The van der Waals surface area contributed by atoms with Crippen LogP contribution in [0.3, 0.4) is 0 Å². The maximum absolute atomic E-state index is 5.51. The molecule has 0 bridgehead atoms. The first-order valence-corrected chi connectivity index (χ1v) is 7.14. The highest BCUT2D eigenvalue weighted by atomic mass is 79.9. The predicted octanol–water partition coefficient (Wildman–Crippen LogP) is 3.01. The van der Waals surface area contributed by atoms with Gasteiger partial charge in [0.1, 0.15) is 5.75 Å². The summed E-state index contributed by atoms with van der Waals surface area (Å²) >= 11 is 3.58. The summed E-state index contributed by atoms with van der Waals surface area (Å²) in [5.41, 5.74) is 1.24. The smallest absolute Gasteiger partial charge is 0.119 e. The lowest BCUT2D eigenvalue weighted by Crippen LogP contribution is -2.35. The fourth-order valence-electron chi connectivity index (χ4n) is 1.84. The number of ether oxygens (including phenoxy) is 2. The number of likely N-dealkylation sites (N-methyl/N-ethyl adjacent to an activating group) is 1. The molecule has 0 fully saturated rings. The van der Waals surface area contributed by atoms with E-state index in [9.17, 15) is 0 Å². The van der Waals surface area contributed by atoms with Gasteiger partial charge >= 0.3 is 0 Å². The molecule has 1 unspecified atom stereocenters. The molecular formula is C14H22BrNO2. The van der Waals surface area contributed by atoms with E-state index in [1.165, 1.54) is 5.56 Å². The molecule has 1 N–H and O–H groups in total. The number of hydrogen-bond donors (Lipinski definition) is 1. The molecule has 0 amide bonds. The molecule has 0 aliphatic heterocycles. The number of methoxy groups -OCH3 is 1. The van der Waals surface area contributed by atoms with Crippen LogP contribution in [0, 0.1) is 0 Å². The number of benzene rings is 1. The molecule has 1 rings (SSSR count). The maximum atomic E-state index is 5.51. The standard InChI is InChI=1S/C14H22BrNO2/c1-4-16-12(10-18-5-2)8-11-9-13(17-3)6-7-14(11)15/h6-7,9,12,16H,4-5,8,10H2,1-3H3. The van der Waals surface area contributed by atoms with Gasteiger partial charge in [0.05, 0.1) is 13.7 Å².